The summed E-state index contributed by atoms with van der Waals surface area (Å²) >= 11 is 0. The second kappa shape index (κ2) is 4.26. The minimum absolute atomic E-state index is 0.408. The summed E-state index contributed by atoms with van der Waals surface area (Å²) < 4.78 is 2.01. The summed E-state index contributed by atoms with van der Waals surface area (Å²) in [6.45, 7) is 5.71. The van der Waals surface area contributed by atoms with Gasteiger partial charge in [0.2, 0.25) is 0 Å². The molecule has 0 spiro atoms. The van der Waals surface area contributed by atoms with Crippen LogP contribution in [-0.2, 0) is 5.21 Å². The Morgan fingerprint density at radius 3 is 2.00 bits per heavy atom. The van der Waals surface area contributed by atoms with Crippen LogP contribution >= 0.6 is 0 Å². The Bertz CT molecular complexity index is 466. The van der Waals surface area contributed by atoms with E-state index in [-0.39, 0.29) is 0 Å². The van der Waals surface area contributed by atoms with Crippen molar-refractivity contribution in [2.75, 3.05) is 5.06 Å². The second-order valence-corrected chi connectivity index (χ2v) is 5.07. The second-order valence-electron chi connectivity index (χ2n) is 5.07. The van der Waals surface area contributed by atoms with Crippen molar-refractivity contribution in [3.8, 4) is 5.69 Å². The summed E-state index contributed by atoms with van der Waals surface area (Å²) in [5.41, 5.74) is 1.34. The van der Waals surface area contributed by atoms with Crippen LogP contribution in [0.25, 0.3) is 5.69 Å². The number of hydrogen-bond acceptors (Lipinski definition) is 1. The largest absolute Gasteiger partial charge is 0.324 e. The van der Waals surface area contributed by atoms with Gasteiger partial charge in [-0.1, -0.05) is 5.21 Å². The van der Waals surface area contributed by atoms with E-state index in [0.717, 1.165) is 10.8 Å². The molecular formula is C14H17N2O. The fraction of sp³-hybridized carbons (Fsp3) is 0.286. The van der Waals surface area contributed by atoms with Gasteiger partial charge in [0.05, 0.1) is 11.2 Å². The van der Waals surface area contributed by atoms with Gasteiger partial charge in [0.25, 0.3) is 0 Å². The molecule has 17 heavy (non-hydrogen) atoms. The molecular weight excluding hydrogens is 212 g/mol. The molecule has 0 saturated heterocycles. The van der Waals surface area contributed by atoms with E-state index in [1.165, 1.54) is 0 Å². The van der Waals surface area contributed by atoms with Gasteiger partial charge in [0, 0.05) is 18.1 Å². The maximum atomic E-state index is 12.0. The highest BCUT2D eigenvalue weighted by Gasteiger charge is 2.21. The van der Waals surface area contributed by atoms with E-state index in [1.807, 2.05) is 74.1 Å². The van der Waals surface area contributed by atoms with Gasteiger partial charge in [-0.15, -0.1) is 0 Å². The third kappa shape index (κ3) is 2.50. The van der Waals surface area contributed by atoms with E-state index < -0.39 is 5.54 Å². The summed E-state index contributed by atoms with van der Waals surface area (Å²) in [6.07, 6.45) is 3.96. The zero-order valence-corrected chi connectivity index (χ0v) is 10.4. The van der Waals surface area contributed by atoms with Crippen LogP contribution in [0.1, 0.15) is 20.8 Å². The van der Waals surface area contributed by atoms with Crippen LogP contribution in [0.5, 0.6) is 0 Å². The molecule has 0 bridgehead atoms. The summed E-state index contributed by atoms with van der Waals surface area (Å²) in [5.74, 6) is 0. The standard InChI is InChI=1S/C14H17N2O/c1-14(2,3)16(17)13-8-6-12(7-9-13)15-10-4-5-11-15/h4-11H,1-3H3. The van der Waals surface area contributed by atoms with E-state index in [2.05, 4.69) is 0 Å². The molecule has 1 aromatic carbocycles. The van der Waals surface area contributed by atoms with E-state index in [0.29, 0.717) is 5.69 Å². The Labute approximate surface area is 102 Å². The van der Waals surface area contributed by atoms with Crippen molar-refractivity contribution in [1.82, 2.24) is 4.57 Å². The van der Waals surface area contributed by atoms with Gasteiger partial charge in [0.1, 0.15) is 0 Å². The number of rotatable bonds is 2. The highest BCUT2D eigenvalue weighted by Crippen LogP contribution is 2.23. The predicted molar refractivity (Wildman–Crippen MR) is 68.7 cm³/mol. The molecule has 0 amide bonds. The fourth-order valence-corrected chi connectivity index (χ4v) is 1.65. The first-order valence-electron chi connectivity index (χ1n) is 5.69. The molecule has 1 heterocycles. The monoisotopic (exact) mass is 229 g/mol. The molecule has 1 aromatic heterocycles. The summed E-state index contributed by atoms with van der Waals surface area (Å²) in [4.78, 5) is 0. The SMILES string of the molecule is CC(C)(C)N([O])c1ccc(-n2cccc2)cc1. The first-order chi connectivity index (χ1) is 7.98. The van der Waals surface area contributed by atoms with Gasteiger partial charge in [-0.2, -0.15) is 0 Å². The lowest BCUT2D eigenvalue weighted by molar-refractivity contribution is 0.102. The third-order valence-corrected chi connectivity index (χ3v) is 2.60. The molecule has 0 N–H and O–H groups in total. The highest BCUT2D eigenvalue weighted by atomic mass is 16.5. The molecule has 0 atom stereocenters. The van der Waals surface area contributed by atoms with Crippen molar-refractivity contribution in [1.29, 1.82) is 0 Å². The van der Waals surface area contributed by atoms with Crippen LogP contribution in [0, 0.1) is 0 Å². The Kier molecular flexibility index (Phi) is 2.94. The Morgan fingerprint density at radius 1 is 1.00 bits per heavy atom. The first-order valence-corrected chi connectivity index (χ1v) is 5.69. The molecule has 1 radical (unpaired) electrons. The smallest absolute Gasteiger partial charge is 0.0675 e. The van der Waals surface area contributed by atoms with E-state index in [4.69, 9.17) is 0 Å². The molecule has 0 unspecified atom stereocenters. The third-order valence-electron chi connectivity index (χ3n) is 2.60. The normalized spacial score (nSPS) is 11.5. The molecule has 3 nitrogen and oxygen atoms in total. The zero-order valence-electron chi connectivity index (χ0n) is 10.4. The number of anilines is 1. The average molecular weight is 229 g/mol. The van der Waals surface area contributed by atoms with Crippen LogP contribution in [0.2, 0.25) is 0 Å². The van der Waals surface area contributed by atoms with Gasteiger partial charge < -0.3 is 4.57 Å². The number of hydroxylamine groups is 1. The summed E-state index contributed by atoms with van der Waals surface area (Å²) in [6, 6.07) is 11.6. The Morgan fingerprint density at radius 2 is 1.53 bits per heavy atom. The van der Waals surface area contributed by atoms with Gasteiger partial charge in [-0.05, 0) is 57.2 Å². The molecule has 2 rings (SSSR count). The van der Waals surface area contributed by atoms with Crippen LogP contribution in [0.4, 0.5) is 5.69 Å². The highest BCUT2D eigenvalue weighted by molar-refractivity contribution is 5.50. The lowest BCUT2D eigenvalue weighted by Gasteiger charge is -2.28. The minimum Gasteiger partial charge on any atom is -0.324 e. The molecule has 0 saturated carbocycles. The zero-order chi connectivity index (χ0) is 12.5. The van der Waals surface area contributed by atoms with Crippen molar-refractivity contribution in [2.45, 2.75) is 26.3 Å². The first kappa shape index (κ1) is 11.7. The van der Waals surface area contributed by atoms with Crippen LogP contribution < -0.4 is 5.06 Å². The van der Waals surface area contributed by atoms with Gasteiger partial charge in [0.15, 0.2) is 0 Å². The molecule has 3 heteroatoms. The fourth-order valence-electron chi connectivity index (χ4n) is 1.65. The lowest BCUT2D eigenvalue weighted by Crippen LogP contribution is -2.37. The van der Waals surface area contributed by atoms with Crippen molar-refractivity contribution in [3.63, 3.8) is 0 Å². The van der Waals surface area contributed by atoms with Crippen LogP contribution in [-0.4, -0.2) is 10.1 Å². The number of benzene rings is 1. The van der Waals surface area contributed by atoms with Gasteiger partial charge >= 0.3 is 0 Å². The molecule has 89 valence electrons. The maximum Gasteiger partial charge on any atom is 0.0675 e. The van der Waals surface area contributed by atoms with E-state index in [1.54, 1.807) is 0 Å². The van der Waals surface area contributed by atoms with Crippen molar-refractivity contribution < 1.29 is 5.21 Å². The summed E-state index contributed by atoms with van der Waals surface area (Å²) in [7, 11) is 0. The molecule has 0 aliphatic heterocycles. The lowest BCUT2D eigenvalue weighted by atomic mass is 10.1. The number of hydrogen-bond donors (Lipinski definition) is 0. The van der Waals surface area contributed by atoms with E-state index in [9.17, 15) is 5.21 Å². The maximum absolute atomic E-state index is 12.0. The van der Waals surface area contributed by atoms with E-state index >= 15 is 0 Å². The molecule has 0 aliphatic rings. The van der Waals surface area contributed by atoms with Crippen molar-refractivity contribution in [2.24, 2.45) is 0 Å². The van der Waals surface area contributed by atoms with Crippen molar-refractivity contribution in [3.05, 3.63) is 48.8 Å². The number of nitrogens with zero attached hydrogens (tertiary/aromatic N) is 2. The summed E-state index contributed by atoms with van der Waals surface area (Å²) in [5, 5.41) is 13.0. The molecule has 0 aliphatic carbocycles. The molecule has 2 aromatic rings. The minimum atomic E-state index is -0.408. The van der Waals surface area contributed by atoms with Gasteiger partial charge in [-0.3, -0.25) is 0 Å². The van der Waals surface area contributed by atoms with Gasteiger partial charge in [-0.25, -0.2) is 5.06 Å². The van der Waals surface area contributed by atoms with Crippen molar-refractivity contribution >= 4 is 5.69 Å². The van der Waals surface area contributed by atoms with Crippen LogP contribution in [0.3, 0.4) is 0 Å². The quantitative estimate of drug-likeness (QED) is 0.725. The number of aromatic nitrogens is 1. The Hall–Kier alpha value is -1.74. The molecule has 0 fully saturated rings. The topological polar surface area (TPSA) is 28.1 Å². The predicted octanol–water partition coefficient (Wildman–Crippen LogP) is 3.43. The average Bonchev–Trinajstić information content (AvgIpc) is 2.80. The van der Waals surface area contributed by atoms with Crippen LogP contribution in [0.15, 0.2) is 48.8 Å². The Balaban J connectivity index is 2.25.